The van der Waals surface area contributed by atoms with E-state index in [1.165, 1.54) is 6.07 Å². The van der Waals surface area contributed by atoms with Crippen LogP contribution in [0.4, 0.5) is 24.0 Å². The Kier molecular flexibility index (Phi) is 9.69. The molecule has 16 heteroatoms. The molecule has 4 aliphatic rings. The number of thiophene rings is 1. The molecule has 0 radical (unpaired) electrons. The van der Waals surface area contributed by atoms with Crippen molar-refractivity contribution in [2.75, 3.05) is 63.1 Å². The number of nitrogen functional groups attached to an aromatic ring is 1. The minimum atomic E-state index is -0.983. The number of alkyl halides is 1. The van der Waals surface area contributed by atoms with E-state index in [9.17, 15) is 19.6 Å². The van der Waals surface area contributed by atoms with Crippen molar-refractivity contribution in [3.63, 3.8) is 0 Å². The van der Waals surface area contributed by atoms with E-state index < -0.39 is 29.4 Å². The Morgan fingerprint density at radius 3 is 2.78 bits per heavy atom. The first-order chi connectivity index (χ1) is 25.9. The van der Waals surface area contributed by atoms with Crippen LogP contribution in [0.2, 0.25) is 5.02 Å². The summed E-state index contributed by atoms with van der Waals surface area (Å²) in [4.78, 5) is 28.2. The van der Waals surface area contributed by atoms with Crippen molar-refractivity contribution in [2.45, 2.75) is 63.8 Å². The average molecular weight is 784 g/mol. The van der Waals surface area contributed by atoms with Gasteiger partial charge in [0.1, 0.15) is 47.1 Å². The molecule has 3 saturated heterocycles. The SMILES string of the molecule is CC(C)CC(=O)N1CC(CN2CCC(CO)Oc3c(Cl)c(-c4ccc(F)c5sc(N)c(C#N)c45)c(F)c4nc(OC[C@@]56CCCN5C[C@H](F)C6)nc2c34)C1. The number of aliphatic hydroxyl groups excluding tert-OH is 1. The summed E-state index contributed by atoms with van der Waals surface area (Å²) in [5.74, 6) is -0.768. The molecule has 4 aromatic rings. The highest BCUT2D eigenvalue weighted by Crippen LogP contribution is 2.51. The second-order valence-corrected chi connectivity index (χ2v) is 16.9. The van der Waals surface area contributed by atoms with E-state index in [4.69, 9.17) is 31.8 Å². The van der Waals surface area contributed by atoms with Gasteiger partial charge in [0.05, 0.1) is 32.8 Å². The fourth-order valence-corrected chi connectivity index (χ4v) is 9.92. The first kappa shape index (κ1) is 36.9. The smallest absolute Gasteiger partial charge is 0.319 e. The molecule has 1 unspecified atom stereocenters. The van der Waals surface area contributed by atoms with Crippen LogP contribution < -0.4 is 20.1 Å². The molecule has 0 bridgehead atoms. The van der Waals surface area contributed by atoms with Gasteiger partial charge < -0.3 is 30.1 Å². The second-order valence-electron chi connectivity index (χ2n) is 15.4. The van der Waals surface area contributed by atoms with Crippen molar-refractivity contribution in [3.05, 3.63) is 34.4 Å². The quantitative estimate of drug-likeness (QED) is 0.199. The Hall–Kier alpha value is -4.10. The number of amides is 1. The summed E-state index contributed by atoms with van der Waals surface area (Å²) in [6.45, 7) is 6.75. The highest BCUT2D eigenvalue weighted by molar-refractivity contribution is 7.23. The van der Waals surface area contributed by atoms with Gasteiger partial charge in [-0.15, -0.1) is 11.3 Å². The van der Waals surface area contributed by atoms with Gasteiger partial charge in [0.2, 0.25) is 5.91 Å². The maximum absolute atomic E-state index is 17.5. The molecule has 3 atom stereocenters. The normalized spacial score (nSPS) is 23.0. The summed E-state index contributed by atoms with van der Waals surface area (Å²) in [6, 6.07) is 4.41. The minimum absolute atomic E-state index is 0.0139. The fraction of sp³-hybridized carbons (Fsp3) is 0.526. The van der Waals surface area contributed by atoms with Crippen LogP contribution in [-0.2, 0) is 4.79 Å². The van der Waals surface area contributed by atoms with Gasteiger partial charge in [0, 0.05) is 68.9 Å². The number of ether oxygens (including phenoxy) is 2. The molecule has 4 aliphatic heterocycles. The van der Waals surface area contributed by atoms with E-state index in [1.54, 1.807) is 0 Å². The molecule has 6 heterocycles. The van der Waals surface area contributed by atoms with Crippen LogP contribution in [-0.4, -0.2) is 101 Å². The number of nitriles is 1. The third kappa shape index (κ3) is 6.24. The lowest BCUT2D eigenvalue weighted by molar-refractivity contribution is -0.138. The molecule has 54 heavy (non-hydrogen) atoms. The number of carbonyl (C=O) groups is 1. The average Bonchev–Trinajstić information content (AvgIpc) is 3.76. The van der Waals surface area contributed by atoms with Crippen LogP contribution >= 0.6 is 22.9 Å². The molecule has 3 fully saturated rings. The zero-order valence-corrected chi connectivity index (χ0v) is 31.6. The summed E-state index contributed by atoms with van der Waals surface area (Å²) >= 11 is 8.01. The Labute approximate surface area is 319 Å². The van der Waals surface area contributed by atoms with Gasteiger partial charge in [-0.1, -0.05) is 31.5 Å². The summed E-state index contributed by atoms with van der Waals surface area (Å²) in [6.07, 6.45) is 1.04. The van der Waals surface area contributed by atoms with Gasteiger partial charge in [0.15, 0.2) is 11.6 Å². The Balaban J connectivity index is 1.29. The number of fused-ring (bicyclic) bond motifs is 2. The molecule has 286 valence electrons. The minimum Gasteiger partial charge on any atom is -0.486 e. The Morgan fingerprint density at radius 1 is 1.24 bits per heavy atom. The monoisotopic (exact) mass is 783 g/mol. The Bertz CT molecular complexity index is 2190. The lowest BCUT2D eigenvalue weighted by atomic mass is 9.95. The predicted octanol–water partition coefficient (Wildman–Crippen LogP) is 6.31. The summed E-state index contributed by atoms with van der Waals surface area (Å²) in [5.41, 5.74) is 5.33. The molecule has 0 aliphatic carbocycles. The van der Waals surface area contributed by atoms with Gasteiger partial charge in [-0.25, -0.2) is 13.2 Å². The van der Waals surface area contributed by atoms with E-state index in [0.29, 0.717) is 57.8 Å². The maximum atomic E-state index is 17.5. The summed E-state index contributed by atoms with van der Waals surface area (Å²) < 4.78 is 60.0. The van der Waals surface area contributed by atoms with Crippen molar-refractivity contribution < 1.29 is 32.5 Å². The predicted molar refractivity (Wildman–Crippen MR) is 201 cm³/mol. The van der Waals surface area contributed by atoms with Crippen LogP contribution in [0.25, 0.3) is 32.1 Å². The van der Waals surface area contributed by atoms with E-state index in [1.807, 2.05) is 29.7 Å². The topological polar surface area (TPSA) is 141 Å². The number of nitrogens with zero attached hydrogens (tertiary/aromatic N) is 6. The van der Waals surface area contributed by atoms with Gasteiger partial charge in [-0.05, 0) is 36.9 Å². The number of likely N-dealkylation sites (tertiary alicyclic amines) is 1. The molecule has 11 nitrogen and oxygen atoms in total. The standard InChI is InChI=1S/C38H41ClF3N7O4S/c1-19(2)10-26(51)48-14-20(15-48)13-47-9-6-22(17-50)53-33-29-32(45-37(46-36(29)47)52-18-38-7-3-8-49(38)16-21(40)11-38)31(42)28(30(33)39)23-4-5-25(41)34-27(23)24(12-43)35(44)54-34/h4-5,19-22,50H,3,6-11,13-18,44H2,1-2H3/t21-,22?,38+/m1/s1. The van der Waals surface area contributed by atoms with E-state index in [2.05, 4.69) is 9.88 Å². The number of benzene rings is 2. The largest absolute Gasteiger partial charge is 0.486 e. The number of hydrogen-bond donors (Lipinski definition) is 2. The van der Waals surface area contributed by atoms with Crippen LogP contribution in [0.3, 0.4) is 0 Å². The second kappa shape index (κ2) is 14.2. The van der Waals surface area contributed by atoms with Gasteiger partial charge in [-0.2, -0.15) is 15.2 Å². The lowest BCUT2D eigenvalue weighted by Gasteiger charge is -2.43. The van der Waals surface area contributed by atoms with Gasteiger partial charge in [0.25, 0.3) is 0 Å². The van der Waals surface area contributed by atoms with Crippen LogP contribution in [0.15, 0.2) is 12.1 Å². The molecule has 8 rings (SSSR count). The van der Waals surface area contributed by atoms with Crippen molar-refractivity contribution in [1.82, 2.24) is 19.8 Å². The van der Waals surface area contributed by atoms with Gasteiger partial charge >= 0.3 is 6.01 Å². The number of nitrogens with two attached hydrogens (primary N) is 1. The molecular weight excluding hydrogens is 743 g/mol. The molecular formula is C38H41ClF3N7O4S. The highest BCUT2D eigenvalue weighted by atomic mass is 35.5. The van der Waals surface area contributed by atoms with Crippen LogP contribution in [0.5, 0.6) is 11.8 Å². The lowest BCUT2D eigenvalue weighted by Crippen LogP contribution is -2.54. The number of aliphatic hydroxyl groups is 1. The fourth-order valence-electron chi connectivity index (χ4n) is 8.65. The highest BCUT2D eigenvalue weighted by Gasteiger charge is 2.49. The molecule has 0 saturated carbocycles. The molecule has 2 aromatic carbocycles. The first-order valence-corrected chi connectivity index (χ1v) is 19.6. The number of rotatable bonds is 9. The number of hydrogen-bond acceptors (Lipinski definition) is 11. The van der Waals surface area contributed by atoms with E-state index in [0.717, 1.165) is 36.8 Å². The third-order valence-electron chi connectivity index (χ3n) is 11.3. The zero-order valence-electron chi connectivity index (χ0n) is 30.0. The van der Waals surface area contributed by atoms with Crippen LogP contribution in [0, 0.1) is 34.8 Å². The van der Waals surface area contributed by atoms with Crippen molar-refractivity contribution in [3.8, 4) is 29.0 Å². The molecule has 1 amide bonds. The van der Waals surface area contributed by atoms with Crippen molar-refractivity contribution in [2.24, 2.45) is 11.8 Å². The third-order valence-corrected chi connectivity index (χ3v) is 12.6. The van der Waals surface area contributed by atoms with Crippen LogP contribution in [0.1, 0.15) is 51.5 Å². The van der Waals surface area contributed by atoms with Crippen molar-refractivity contribution in [1.29, 1.82) is 5.26 Å². The number of carbonyl (C=O) groups excluding carboxylic acids is 1. The Morgan fingerprint density at radius 2 is 2.04 bits per heavy atom. The number of aromatic nitrogens is 2. The maximum Gasteiger partial charge on any atom is 0.319 e. The van der Waals surface area contributed by atoms with E-state index >= 15 is 8.78 Å². The molecule has 3 N–H and O–H groups in total. The van der Waals surface area contributed by atoms with E-state index in [-0.39, 0.29) is 90.4 Å². The number of halogens is 4. The number of anilines is 2. The van der Waals surface area contributed by atoms with Gasteiger partial charge in [-0.3, -0.25) is 9.69 Å². The van der Waals surface area contributed by atoms with Crippen molar-refractivity contribution >= 4 is 60.7 Å². The molecule has 0 spiro atoms. The summed E-state index contributed by atoms with van der Waals surface area (Å²) in [7, 11) is 0. The molecule has 2 aromatic heterocycles. The summed E-state index contributed by atoms with van der Waals surface area (Å²) in [5, 5.41) is 20.6. The zero-order chi connectivity index (χ0) is 38.1. The first-order valence-electron chi connectivity index (χ1n) is 18.4.